The van der Waals surface area contributed by atoms with Crippen molar-refractivity contribution in [2.45, 2.75) is 26.3 Å². The molecule has 4 rings (SSSR count). The van der Waals surface area contributed by atoms with Crippen molar-refractivity contribution in [2.24, 2.45) is 10.2 Å². The number of hydrogen-bond acceptors (Lipinski definition) is 8. The van der Waals surface area contributed by atoms with E-state index in [1.165, 1.54) is 11.1 Å². The van der Waals surface area contributed by atoms with Crippen molar-refractivity contribution >= 4 is 11.5 Å². The van der Waals surface area contributed by atoms with Gasteiger partial charge in [-0.05, 0) is 18.9 Å². The molecule has 1 atom stereocenters. The first-order valence-electron chi connectivity index (χ1n) is 12.0. The summed E-state index contributed by atoms with van der Waals surface area (Å²) in [7, 11) is 0. The fraction of sp³-hybridized carbons (Fsp3) is 0.560. The number of anilines is 1. The molecule has 0 spiro atoms. The quantitative estimate of drug-likeness (QED) is 0.531. The van der Waals surface area contributed by atoms with Crippen LogP contribution in [-0.4, -0.2) is 75.6 Å². The molecule has 0 aliphatic carbocycles. The van der Waals surface area contributed by atoms with Crippen molar-refractivity contribution in [3.05, 3.63) is 47.5 Å². The molecular formula is C25H35N5O3. The number of nitrogens with zero attached hydrogens (tertiary/aromatic N) is 5. The van der Waals surface area contributed by atoms with Gasteiger partial charge in [0, 0.05) is 50.5 Å². The zero-order valence-corrected chi connectivity index (χ0v) is 19.8. The Bertz CT molecular complexity index is 911. The number of hydrogen-bond donors (Lipinski definition) is 0. The van der Waals surface area contributed by atoms with Crippen molar-refractivity contribution < 1.29 is 14.2 Å². The lowest BCUT2D eigenvalue weighted by Gasteiger charge is -2.29. The van der Waals surface area contributed by atoms with Gasteiger partial charge in [0.25, 0.3) is 0 Å². The van der Waals surface area contributed by atoms with Gasteiger partial charge in [0.2, 0.25) is 5.88 Å². The maximum absolute atomic E-state index is 6.06. The second-order valence-corrected chi connectivity index (χ2v) is 8.48. The van der Waals surface area contributed by atoms with Crippen LogP contribution in [0.5, 0.6) is 5.88 Å². The van der Waals surface area contributed by atoms with Crippen LogP contribution >= 0.6 is 0 Å². The Morgan fingerprint density at radius 2 is 1.79 bits per heavy atom. The van der Waals surface area contributed by atoms with Crippen molar-refractivity contribution in [3.63, 3.8) is 0 Å². The molecule has 0 amide bonds. The number of ether oxygens (including phenoxy) is 3. The molecular weight excluding hydrogens is 418 g/mol. The highest BCUT2D eigenvalue weighted by Crippen LogP contribution is 2.29. The molecule has 2 aromatic rings. The van der Waals surface area contributed by atoms with Crippen LogP contribution in [0.25, 0.3) is 0 Å². The van der Waals surface area contributed by atoms with Crippen LogP contribution in [0.4, 0.5) is 11.5 Å². The number of aryl methyl sites for hydroxylation is 1. The summed E-state index contributed by atoms with van der Waals surface area (Å²) in [4.78, 5) is 9.28. The van der Waals surface area contributed by atoms with Gasteiger partial charge in [-0.2, -0.15) is 10.1 Å². The molecule has 1 aromatic heterocycles. The van der Waals surface area contributed by atoms with Gasteiger partial charge < -0.3 is 19.1 Å². The van der Waals surface area contributed by atoms with E-state index < -0.39 is 0 Å². The lowest BCUT2D eigenvalue weighted by molar-refractivity contribution is 0.0320. The Kier molecular flexibility index (Phi) is 8.63. The number of morpholine rings is 2. The molecule has 8 nitrogen and oxygen atoms in total. The third-order valence-corrected chi connectivity index (χ3v) is 6.02. The highest BCUT2D eigenvalue weighted by molar-refractivity contribution is 5.55. The summed E-state index contributed by atoms with van der Waals surface area (Å²) in [6.07, 6.45) is 0.874. The number of aromatic nitrogens is 1. The van der Waals surface area contributed by atoms with Gasteiger partial charge in [-0.3, -0.25) is 4.90 Å². The molecule has 2 aliphatic rings. The molecule has 0 radical (unpaired) electrons. The van der Waals surface area contributed by atoms with Crippen LogP contribution in [0, 0.1) is 6.92 Å². The largest absolute Gasteiger partial charge is 0.476 e. The average Bonchev–Trinajstić information content (AvgIpc) is 2.86. The second kappa shape index (κ2) is 12.1. The number of benzene rings is 1. The highest BCUT2D eigenvalue weighted by Gasteiger charge is 2.16. The number of rotatable bonds is 9. The molecule has 1 unspecified atom stereocenters. The summed E-state index contributed by atoms with van der Waals surface area (Å²) in [6.45, 7) is 12.3. The summed E-state index contributed by atoms with van der Waals surface area (Å²) < 4.78 is 17.0. The van der Waals surface area contributed by atoms with Crippen molar-refractivity contribution in [2.75, 3.05) is 70.7 Å². The summed E-state index contributed by atoms with van der Waals surface area (Å²) in [5.41, 5.74) is 3.45. The summed E-state index contributed by atoms with van der Waals surface area (Å²) in [5, 5.41) is 9.19. The first-order chi connectivity index (χ1) is 16.2. The molecule has 2 saturated heterocycles. The first kappa shape index (κ1) is 23.6. The summed E-state index contributed by atoms with van der Waals surface area (Å²) in [5.74, 6) is 1.16. The van der Waals surface area contributed by atoms with E-state index in [1.807, 2.05) is 12.1 Å². The van der Waals surface area contributed by atoms with E-state index in [0.29, 0.717) is 18.3 Å². The van der Waals surface area contributed by atoms with Gasteiger partial charge in [0.1, 0.15) is 6.61 Å². The van der Waals surface area contributed by atoms with Crippen LogP contribution in [-0.2, 0) is 9.47 Å². The molecule has 0 bridgehead atoms. The molecule has 178 valence electrons. The monoisotopic (exact) mass is 453 g/mol. The fourth-order valence-corrected chi connectivity index (χ4v) is 4.10. The minimum atomic E-state index is 0.00410. The smallest absolute Gasteiger partial charge is 0.217 e. The van der Waals surface area contributed by atoms with Gasteiger partial charge >= 0.3 is 0 Å². The standard InChI is InChI=1S/C25H35N5O3/c1-3-23(21-6-4-5-20(2)17-21)27-28-24-18-22(30-10-14-32-15-11-30)19-25(26-24)33-16-9-29-7-12-31-13-8-29/h4-6,17-19,23H,3,7-16H2,1-2H3. The van der Waals surface area contributed by atoms with Gasteiger partial charge in [-0.1, -0.05) is 36.8 Å². The van der Waals surface area contributed by atoms with Gasteiger partial charge in [-0.25, -0.2) is 0 Å². The van der Waals surface area contributed by atoms with Crippen molar-refractivity contribution in [3.8, 4) is 5.88 Å². The molecule has 1 aromatic carbocycles. The molecule has 33 heavy (non-hydrogen) atoms. The fourth-order valence-electron chi connectivity index (χ4n) is 4.10. The van der Waals surface area contributed by atoms with Crippen LogP contribution in [0.2, 0.25) is 0 Å². The summed E-state index contributed by atoms with van der Waals surface area (Å²) in [6, 6.07) is 12.4. The summed E-state index contributed by atoms with van der Waals surface area (Å²) >= 11 is 0. The van der Waals surface area contributed by atoms with Gasteiger partial charge in [-0.15, -0.1) is 5.11 Å². The molecule has 8 heteroatoms. The van der Waals surface area contributed by atoms with Crippen LogP contribution < -0.4 is 9.64 Å². The molecule has 0 saturated carbocycles. The van der Waals surface area contributed by atoms with E-state index in [-0.39, 0.29) is 6.04 Å². The topological polar surface area (TPSA) is 71.8 Å². The van der Waals surface area contributed by atoms with E-state index in [1.54, 1.807) is 0 Å². The Morgan fingerprint density at radius 1 is 1.03 bits per heavy atom. The predicted octanol–water partition coefficient (Wildman–Crippen LogP) is 4.17. The zero-order chi connectivity index (χ0) is 22.9. The maximum Gasteiger partial charge on any atom is 0.217 e. The van der Waals surface area contributed by atoms with E-state index in [0.717, 1.165) is 71.3 Å². The average molecular weight is 454 g/mol. The molecule has 3 heterocycles. The lowest BCUT2D eigenvalue weighted by Crippen LogP contribution is -2.38. The molecule has 2 aliphatic heterocycles. The third-order valence-electron chi connectivity index (χ3n) is 6.02. The van der Waals surface area contributed by atoms with Crippen LogP contribution in [0.3, 0.4) is 0 Å². The second-order valence-electron chi connectivity index (χ2n) is 8.48. The van der Waals surface area contributed by atoms with Crippen molar-refractivity contribution in [1.82, 2.24) is 9.88 Å². The molecule has 2 fully saturated rings. The van der Waals surface area contributed by atoms with E-state index >= 15 is 0 Å². The molecule has 0 N–H and O–H groups in total. The van der Waals surface area contributed by atoms with E-state index in [4.69, 9.17) is 14.2 Å². The Balaban J connectivity index is 1.49. The maximum atomic E-state index is 6.06. The highest BCUT2D eigenvalue weighted by atomic mass is 16.5. The van der Waals surface area contributed by atoms with E-state index in [9.17, 15) is 0 Å². The third kappa shape index (κ3) is 6.96. The van der Waals surface area contributed by atoms with Crippen LogP contribution in [0.15, 0.2) is 46.6 Å². The minimum Gasteiger partial charge on any atom is -0.476 e. The zero-order valence-electron chi connectivity index (χ0n) is 19.8. The van der Waals surface area contributed by atoms with Crippen molar-refractivity contribution in [1.29, 1.82) is 0 Å². The lowest BCUT2D eigenvalue weighted by atomic mass is 10.0. The number of pyridine rings is 1. The first-order valence-corrected chi connectivity index (χ1v) is 12.0. The number of azo groups is 1. The Labute approximate surface area is 196 Å². The minimum absolute atomic E-state index is 0.00410. The Morgan fingerprint density at radius 3 is 2.52 bits per heavy atom. The van der Waals surface area contributed by atoms with E-state index in [2.05, 4.69) is 63.1 Å². The van der Waals surface area contributed by atoms with Crippen LogP contribution in [0.1, 0.15) is 30.5 Å². The normalized spacial score (nSPS) is 18.5. The predicted molar refractivity (Wildman–Crippen MR) is 129 cm³/mol. The SMILES string of the molecule is CCC(N=Nc1cc(N2CCOCC2)cc(OCCN2CCOCC2)n1)c1cccc(C)c1. The Hall–Kier alpha value is -2.55. The van der Waals surface area contributed by atoms with Gasteiger partial charge in [0.15, 0.2) is 5.82 Å². The van der Waals surface area contributed by atoms with Gasteiger partial charge in [0.05, 0.1) is 32.5 Å².